The highest BCUT2D eigenvalue weighted by atomic mass is 79.9. The monoisotopic (exact) mass is 338 g/mol. The molecule has 1 heterocycles. The van der Waals surface area contributed by atoms with Gasteiger partial charge in [0.05, 0.1) is 11.9 Å². The van der Waals surface area contributed by atoms with Crippen LogP contribution in [0, 0.1) is 6.92 Å². The predicted octanol–water partition coefficient (Wildman–Crippen LogP) is 4.19. The first-order chi connectivity index (χ1) is 9.10. The highest BCUT2D eigenvalue weighted by molar-refractivity contribution is 9.08. The Hall–Kier alpha value is -1.39. The minimum Gasteiger partial charge on any atom is -0.320 e. The lowest BCUT2D eigenvalue weighted by molar-refractivity contribution is 0.102. The number of alkyl halides is 1. The standard InChI is InChI=1S/C14H12BrClN2O/c1-9-6-13(16)17-8-12(9)18-14(19)11-4-2-10(7-15)3-5-11/h2-6,8H,7H2,1H3,(H,18,19). The highest BCUT2D eigenvalue weighted by Gasteiger charge is 2.08. The van der Waals surface area contributed by atoms with E-state index in [0.717, 1.165) is 16.5 Å². The van der Waals surface area contributed by atoms with Crippen LogP contribution in [-0.2, 0) is 5.33 Å². The molecule has 1 amide bonds. The van der Waals surface area contributed by atoms with E-state index in [4.69, 9.17) is 11.6 Å². The van der Waals surface area contributed by atoms with Gasteiger partial charge in [0.2, 0.25) is 0 Å². The lowest BCUT2D eigenvalue weighted by Gasteiger charge is -2.08. The summed E-state index contributed by atoms with van der Waals surface area (Å²) in [5.74, 6) is -0.159. The van der Waals surface area contributed by atoms with E-state index in [-0.39, 0.29) is 5.91 Å². The van der Waals surface area contributed by atoms with E-state index in [1.807, 2.05) is 19.1 Å². The number of amides is 1. The lowest BCUT2D eigenvalue weighted by Crippen LogP contribution is -2.13. The van der Waals surface area contributed by atoms with Gasteiger partial charge in [-0.1, -0.05) is 39.7 Å². The van der Waals surface area contributed by atoms with Crippen molar-refractivity contribution in [3.63, 3.8) is 0 Å². The van der Waals surface area contributed by atoms with Crippen LogP contribution in [0.5, 0.6) is 0 Å². The second-order valence-corrected chi connectivity index (χ2v) is 5.05. The molecule has 0 radical (unpaired) electrons. The minimum atomic E-state index is -0.159. The first kappa shape index (κ1) is 14.0. The summed E-state index contributed by atoms with van der Waals surface area (Å²) in [5.41, 5.74) is 3.28. The number of pyridine rings is 1. The van der Waals surface area contributed by atoms with Gasteiger partial charge in [-0.25, -0.2) is 4.98 Å². The number of benzene rings is 1. The Morgan fingerprint density at radius 1 is 1.37 bits per heavy atom. The molecule has 2 aromatic rings. The van der Waals surface area contributed by atoms with E-state index in [9.17, 15) is 4.79 Å². The Balaban J connectivity index is 2.15. The summed E-state index contributed by atoms with van der Waals surface area (Å²) in [6, 6.07) is 9.13. The quantitative estimate of drug-likeness (QED) is 0.673. The van der Waals surface area contributed by atoms with Gasteiger partial charge in [0, 0.05) is 10.9 Å². The number of halogens is 2. The second-order valence-electron chi connectivity index (χ2n) is 4.11. The summed E-state index contributed by atoms with van der Waals surface area (Å²) < 4.78 is 0. The molecule has 0 bridgehead atoms. The molecule has 0 aliphatic carbocycles. The fourth-order valence-electron chi connectivity index (χ4n) is 1.59. The number of hydrogen-bond donors (Lipinski definition) is 1. The summed E-state index contributed by atoms with van der Waals surface area (Å²) in [6.07, 6.45) is 1.56. The molecule has 0 aliphatic rings. The Kier molecular flexibility index (Phi) is 4.56. The molecule has 1 aromatic heterocycles. The van der Waals surface area contributed by atoms with Crippen molar-refractivity contribution in [2.24, 2.45) is 0 Å². The SMILES string of the molecule is Cc1cc(Cl)ncc1NC(=O)c1ccc(CBr)cc1. The van der Waals surface area contributed by atoms with Crippen LogP contribution in [0.4, 0.5) is 5.69 Å². The van der Waals surface area contributed by atoms with Crippen molar-refractivity contribution >= 4 is 39.1 Å². The third-order valence-electron chi connectivity index (χ3n) is 2.70. The van der Waals surface area contributed by atoms with Crippen molar-refractivity contribution in [2.45, 2.75) is 12.3 Å². The smallest absolute Gasteiger partial charge is 0.255 e. The van der Waals surface area contributed by atoms with Gasteiger partial charge in [-0.05, 0) is 36.2 Å². The van der Waals surface area contributed by atoms with Crippen LogP contribution in [0.1, 0.15) is 21.5 Å². The van der Waals surface area contributed by atoms with Crippen LogP contribution in [-0.4, -0.2) is 10.9 Å². The van der Waals surface area contributed by atoms with E-state index < -0.39 is 0 Å². The number of anilines is 1. The van der Waals surface area contributed by atoms with Crippen molar-refractivity contribution in [1.29, 1.82) is 0 Å². The average Bonchev–Trinajstić information content (AvgIpc) is 2.42. The Morgan fingerprint density at radius 2 is 2.05 bits per heavy atom. The molecule has 0 fully saturated rings. The second kappa shape index (κ2) is 6.17. The molecular formula is C14H12BrClN2O. The molecule has 1 N–H and O–H groups in total. The molecule has 0 saturated heterocycles. The van der Waals surface area contributed by atoms with Crippen molar-refractivity contribution in [2.75, 3.05) is 5.32 Å². The lowest BCUT2D eigenvalue weighted by atomic mass is 10.1. The number of nitrogens with one attached hydrogen (secondary N) is 1. The van der Waals surface area contributed by atoms with Gasteiger partial charge in [0.15, 0.2) is 0 Å². The molecule has 0 unspecified atom stereocenters. The average molecular weight is 340 g/mol. The maximum atomic E-state index is 12.1. The molecule has 98 valence electrons. The van der Waals surface area contributed by atoms with Crippen LogP contribution in [0.25, 0.3) is 0 Å². The normalized spacial score (nSPS) is 10.3. The van der Waals surface area contributed by atoms with Gasteiger partial charge in [-0.3, -0.25) is 4.79 Å². The topological polar surface area (TPSA) is 42.0 Å². The Bertz CT molecular complexity index is 599. The third-order valence-corrected chi connectivity index (χ3v) is 3.55. The largest absolute Gasteiger partial charge is 0.320 e. The number of aryl methyl sites for hydroxylation is 1. The molecule has 3 nitrogen and oxygen atoms in total. The molecule has 1 aromatic carbocycles. The molecule has 0 atom stereocenters. The van der Waals surface area contributed by atoms with E-state index in [2.05, 4.69) is 26.2 Å². The Morgan fingerprint density at radius 3 is 2.63 bits per heavy atom. The summed E-state index contributed by atoms with van der Waals surface area (Å²) >= 11 is 9.14. The molecule has 0 spiro atoms. The van der Waals surface area contributed by atoms with Gasteiger partial charge < -0.3 is 5.32 Å². The molecule has 2 rings (SSSR count). The van der Waals surface area contributed by atoms with E-state index >= 15 is 0 Å². The van der Waals surface area contributed by atoms with E-state index in [1.165, 1.54) is 0 Å². The van der Waals surface area contributed by atoms with Crippen molar-refractivity contribution < 1.29 is 4.79 Å². The Labute approximate surface area is 125 Å². The number of nitrogens with zero attached hydrogens (tertiary/aromatic N) is 1. The molecule has 19 heavy (non-hydrogen) atoms. The zero-order valence-electron chi connectivity index (χ0n) is 10.3. The van der Waals surface area contributed by atoms with E-state index in [1.54, 1.807) is 24.4 Å². The number of hydrogen-bond acceptors (Lipinski definition) is 2. The minimum absolute atomic E-state index is 0.159. The summed E-state index contributed by atoms with van der Waals surface area (Å²) in [4.78, 5) is 16.0. The zero-order valence-corrected chi connectivity index (χ0v) is 12.6. The molecule has 0 aliphatic heterocycles. The van der Waals surface area contributed by atoms with Gasteiger partial charge in [-0.15, -0.1) is 0 Å². The molecular weight excluding hydrogens is 328 g/mol. The summed E-state index contributed by atoms with van der Waals surface area (Å²) in [6.45, 7) is 1.87. The van der Waals surface area contributed by atoms with Crippen LogP contribution in [0.2, 0.25) is 5.15 Å². The number of carbonyl (C=O) groups excluding carboxylic acids is 1. The van der Waals surface area contributed by atoms with Gasteiger partial charge in [0.1, 0.15) is 5.15 Å². The number of aromatic nitrogens is 1. The van der Waals surface area contributed by atoms with Crippen LogP contribution in [0.3, 0.4) is 0 Å². The van der Waals surface area contributed by atoms with Crippen LogP contribution in [0.15, 0.2) is 36.5 Å². The summed E-state index contributed by atoms with van der Waals surface area (Å²) in [7, 11) is 0. The fourth-order valence-corrected chi connectivity index (χ4v) is 2.18. The maximum absolute atomic E-state index is 12.1. The first-order valence-corrected chi connectivity index (χ1v) is 7.18. The molecule has 5 heteroatoms. The van der Waals surface area contributed by atoms with Crippen LogP contribution < -0.4 is 5.32 Å². The van der Waals surface area contributed by atoms with Gasteiger partial charge >= 0.3 is 0 Å². The van der Waals surface area contributed by atoms with Gasteiger partial charge in [-0.2, -0.15) is 0 Å². The van der Waals surface area contributed by atoms with Crippen LogP contribution >= 0.6 is 27.5 Å². The molecule has 0 saturated carbocycles. The predicted molar refractivity (Wildman–Crippen MR) is 81.0 cm³/mol. The zero-order chi connectivity index (χ0) is 13.8. The van der Waals surface area contributed by atoms with Crippen molar-refractivity contribution in [3.05, 3.63) is 58.4 Å². The maximum Gasteiger partial charge on any atom is 0.255 e. The van der Waals surface area contributed by atoms with Gasteiger partial charge in [0.25, 0.3) is 5.91 Å². The summed E-state index contributed by atoms with van der Waals surface area (Å²) in [5, 5.41) is 4.01. The number of rotatable bonds is 3. The first-order valence-electron chi connectivity index (χ1n) is 5.68. The van der Waals surface area contributed by atoms with Crippen molar-refractivity contribution in [1.82, 2.24) is 4.98 Å². The van der Waals surface area contributed by atoms with Crippen molar-refractivity contribution in [3.8, 4) is 0 Å². The number of carbonyl (C=O) groups is 1. The third kappa shape index (κ3) is 3.55. The van der Waals surface area contributed by atoms with E-state index in [0.29, 0.717) is 16.4 Å². The highest BCUT2D eigenvalue weighted by Crippen LogP contribution is 2.18. The fraction of sp³-hybridized carbons (Fsp3) is 0.143.